The minimum Gasteiger partial charge on any atom is -0.366 e. The van der Waals surface area contributed by atoms with Crippen LogP contribution < -0.4 is 4.90 Å². The third kappa shape index (κ3) is 3.04. The van der Waals surface area contributed by atoms with Crippen molar-refractivity contribution in [2.75, 3.05) is 18.0 Å². The number of amides is 2. The smallest absolute Gasteiger partial charge is 0.282 e. The molecule has 0 N–H and O–H groups in total. The lowest BCUT2D eigenvalue weighted by Gasteiger charge is -2.20. The number of hydrogen-bond acceptors (Lipinski definition) is 3. The van der Waals surface area contributed by atoms with Crippen LogP contribution in [0.1, 0.15) is 29.5 Å². The number of halogens is 1. The fraction of sp³-hybridized carbons (Fsp3) is 0.273. The number of carbonyl (C=O) groups excluding carboxylic acids is 2. The van der Waals surface area contributed by atoms with Gasteiger partial charge in [0.25, 0.3) is 11.8 Å². The summed E-state index contributed by atoms with van der Waals surface area (Å²) in [5.41, 5.74) is 4.47. The van der Waals surface area contributed by atoms with Crippen LogP contribution in [-0.4, -0.2) is 29.8 Å². The molecule has 0 spiro atoms. The zero-order valence-electron chi connectivity index (χ0n) is 15.5. The van der Waals surface area contributed by atoms with E-state index < -0.39 is 0 Å². The lowest BCUT2D eigenvalue weighted by atomic mass is 9.97. The van der Waals surface area contributed by atoms with Crippen molar-refractivity contribution in [3.8, 4) is 0 Å². The van der Waals surface area contributed by atoms with Crippen molar-refractivity contribution in [2.45, 2.75) is 26.7 Å². The van der Waals surface area contributed by atoms with Gasteiger partial charge in [-0.3, -0.25) is 9.59 Å². The molecular weight excluding hydrogens is 360 g/mol. The largest absolute Gasteiger partial charge is 0.366 e. The van der Waals surface area contributed by atoms with E-state index in [1.54, 1.807) is 24.3 Å². The summed E-state index contributed by atoms with van der Waals surface area (Å²) in [4.78, 5) is 30.1. The molecule has 4 nitrogen and oxygen atoms in total. The van der Waals surface area contributed by atoms with Crippen molar-refractivity contribution in [3.05, 3.63) is 69.9 Å². The molecule has 0 unspecified atom stereocenters. The van der Waals surface area contributed by atoms with Gasteiger partial charge in [0.15, 0.2) is 0 Å². The zero-order valence-corrected chi connectivity index (χ0v) is 16.2. The first-order valence-corrected chi connectivity index (χ1v) is 9.56. The highest BCUT2D eigenvalue weighted by molar-refractivity contribution is 6.45. The fourth-order valence-electron chi connectivity index (χ4n) is 3.94. The molecule has 5 heteroatoms. The van der Waals surface area contributed by atoms with Crippen molar-refractivity contribution in [1.29, 1.82) is 0 Å². The van der Waals surface area contributed by atoms with Crippen LogP contribution >= 0.6 is 11.6 Å². The predicted molar refractivity (Wildman–Crippen MR) is 108 cm³/mol. The topological polar surface area (TPSA) is 40.6 Å². The fourth-order valence-corrected chi connectivity index (χ4v) is 4.12. The highest BCUT2D eigenvalue weighted by Crippen LogP contribution is 2.37. The molecule has 2 aromatic carbocycles. The number of imide groups is 1. The molecule has 2 aromatic rings. The number of likely N-dealkylation sites (tertiary alicyclic amines) is 1. The molecule has 1 fully saturated rings. The number of anilines is 1. The molecule has 2 aliphatic heterocycles. The number of rotatable bonds is 3. The quantitative estimate of drug-likeness (QED) is 0.744. The average molecular weight is 381 g/mol. The van der Waals surface area contributed by atoms with Gasteiger partial charge >= 0.3 is 0 Å². The summed E-state index contributed by atoms with van der Waals surface area (Å²) in [6.07, 6.45) is 2.06. The summed E-state index contributed by atoms with van der Waals surface area (Å²) in [6.45, 7) is 5.60. The normalized spacial score (nSPS) is 17.4. The van der Waals surface area contributed by atoms with Crippen LogP contribution in [0.2, 0.25) is 5.02 Å². The van der Waals surface area contributed by atoms with Crippen molar-refractivity contribution in [1.82, 2.24) is 4.90 Å². The van der Waals surface area contributed by atoms with Gasteiger partial charge in [0.2, 0.25) is 0 Å². The van der Waals surface area contributed by atoms with E-state index in [2.05, 4.69) is 4.90 Å². The first-order valence-electron chi connectivity index (χ1n) is 9.18. The number of benzene rings is 2. The van der Waals surface area contributed by atoms with E-state index >= 15 is 0 Å². The minimum atomic E-state index is -0.281. The van der Waals surface area contributed by atoms with Gasteiger partial charge < -0.3 is 4.90 Å². The second kappa shape index (κ2) is 6.86. The van der Waals surface area contributed by atoms with Crippen LogP contribution in [0.15, 0.2) is 48.2 Å². The predicted octanol–water partition coefficient (Wildman–Crippen LogP) is 4.34. The standard InChI is InChI=1S/C22H21ClN2O2/c1-14-8-9-18(15(2)12-14)19-20(24-10-3-4-11-24)22(27)25(21(19)26)17-7-5-6-16(23)13-17/h5-9,12-13H,3-4,10-11H2,1-2H3. The molecule has 4 rings (SSSR count). The molecule has 0 aromatic heterocycles. The molecule has 0 aliphatic carbocycles. The van der Waals surface area contributed by atoms with Gasteiger partial charge in [0.05, 0.1) is 11.3 Å². The first-order chi connectivity index (χ1) is 13.0. The molecule has 0 saturated carbocycles. The molecule has 0 atom stereocenters. The number of hydrogen-bond donors (Lipinski definition) is 0. The van der Waals surface area contributed by atoms with Gasteiger partial charge in [-0.1, -0.05) is 41.4 Å². The second-order valence-corrected chi connectivity index (χ2v) is 7.60. The Labute approximate surface area is 164 Å². The van der Waals surface area contributed by atoms with E-state index in [1.165, 1.54) is 4.90 Å². The van der Waals surface area contributed by atoms with Crippen LogP contribution in [0.5, 0.6) is 0 Å². The summed E-state index contributed by atoms with van der Waals surface area (Å²) in [5, 5.41) is 0.496. The zero-order chi connectivity index (χ0) is 19.1. The van der Waals surface area contributed by atoms with Crippen LogP contribution in [0.4, 0.5) is 5.69 Å². The molecule has 138 valence electrons. The summed E-state index contributed by atoms with van der Waals surface area (Å²) < 4.78 is 0. The summed E-state index contributed by atoms with van der Waals surface area (Å²) in [6, 6.07) is 12.9. The van der Waals surface area contributed by atoms with Crippen molar-refractivity contribution in [2.24, 2.45) is 0 Å². The van der Waals surface area contributed by atoms with Gasteiger partial charge in [-0.15, -0.1) is 0 Å². The Hall–Kier alpha value is -2.59. The lowest BCUT2D eigenvalue weighted by molar-refractivity contribution is -0.120. The van der Waals surface area contributed by atoms with Gasteiger partial charge in [-0.2, -0.15) is 0 Å². The van der Waals surface area contributed by atoms with Gasteiger partial charge in [0, 0.05) is 18.1 Å². The van der Waals surface area contributed by atoms with E-state index in [4.69, 9.17) is 11.6 Å². The highest BCUT2D eigenvalue weighted by Gasteiger charge is 2.43. The molecule has 2 aliphatic rings. The van der Waals surface area contributed by atoms with Crippen molar-refractivity contribution in [3.63, 3.8) is 0 Å². The Balaban J connectivity index is 1.88. The lowest BCUT2D eigenvalue weighted by Crippen LogP contribution is -2.34. The van der Waals surface area contributed by atoms with Crippen LogP contribution in [-0.2, 0) is 9.59 Å². The van der Waals surface area contributed by atoms with Crippen LogP contribution in [0.3, 0.4) is 0 Å². The second-order valence-electron chi connectivity index (χ2n) is 7.16. The maximum atomic E-state index is 13.4. The molecule has 2 heterocycles. The SMILES string of the molecule is Cc1ccc(C2=C(N3CCCC3)C(=O)N(c3cccc(Cl)c3)C2=O)c(C)c1. The average Bonchev–Trinajstić information content (AvgIpc) is 3.22. The van der Waals surface area contributed by atoms with E-state index in [0.29, 0.717) is 22.0 Å². The van der Waals surface area contributed by atoms with Gasteiger partial charge in [0.1, 0.15) is 5.70 Å². The Morgan fingerprint density at radius 3 is 2.33 bits per heavy atom. The summed E-state index contributed by atoms with van der Waals surface area (Å²) >= 11 is 6.10. The van der Waals surface area contributed by atoms with E-state index in [9.17, 15) is 9.59 Å². The summed E-state index contributed by atoms with van der Waals surface area (Å²) in [7, 11) is 0. The monoisotopic (exact) mass is 380 g/mol. The van der Waals surface area contributed by atoms with Gasteiger partial charge in [-0.05, 0) is 56.0 Å². The Morgan fingerprint density at radius 1 is 0.926 bits per heavy atom. The third-order valence-corrected chi connectivity index (χ3v) is 5.43. The molecule has 2 amide bonds. The summed E-state index contributed by atoms with van der Waals surface area (Å²) in [5.74, 6) is -0.546. The van der Waals surface area contributed by atoms with Crippen LogP contribution in [0, 0.1) is 13.8 Å². The van der Waals surface area contributed by atoms with Crippen molar-refractivity contribution >= 4 is 34.7 Å². The van der Waals surface area contributed by atoms with Crippen LogP contribution in [0.25, 0.3) is 5.57 Å². The Bertz CT molecular complexity index is 974. The molecular formula is C22H21ClN2O2. The van der Waals surface area contributed by atoms with E-state index in [1.807, 2.05) is 32.0 Å². The molecule has 0 radical (unpaired) electrons. The first kappa shape index (κ1) is 17.8. The Kier molecular flexibility index (Phi) is 4.52. The minimum absolute atomic E-state index is 0.265. The maximum absolute atomic E-state index is 13.4. The van der Waals surface area contributed by atoms with Crippen molar-refractivity contribution < 1.29 is 9.59 Å². The maximum Gasteiger partial charge on any atom is 0.282 e. The Morgan fingerprint density at radius 2 is 1.67 bits per heavy atom. The number of nitrogens with zero attached hydrogens (tertiary/aromatic N) is 2. The number of aryl methyl sites for hydroxylation is 2. The highest BCUT2D eigenvalue weighted by atomic mass is 35.5. The van der Waals surface area contributed by atoms with Gasteiger partial charge in [-0.25, -0.2) is 4.90 Å². The molecule has 27 heavy (non-hydrogen) atoms. The van der Waals surface area contributed by atoms with E-state index in [0.717, 1.165) is 42.6 Å². The molecule has 1 saturated heterocycles. The molecule has 0 bridgehead atoms. The number of carbonyl (C=O) groups is 2. The van der Waals surface area contributed by atoms with E-state index in [-0.39, 0.29) is 11.8 Å². The third-order valence-electron chi connectivity index (χ3n) is 5.20.